The Morgan fingerprint density at radius 3 is 2.36 bits per heavy atom. The molecule has 1 heterocycles. The van der Waals surface area contributed by atoms with Crippen molar-refractivity contribution in [3.63, 3.8) is 0 Å². The van der Waals surface area contributed by atoms with Crippen LogP contribution in [-0.4, -0.2) is 30.0 Å². The van der Waals surface area contributed by atoms with Gasteiger partial charge in [0.05, 0.1) is 0 Å². The summed E-state index contributed by atoms with van der Waals surface area (Å²) >= 11 is 0. The van der Waals surface area contributed by atoms with E-state index in [1.54, 1.807) is 0 Å². The molecule has 0 bridgehead atoms. The molecule has 0 unspecified atom stereocenters. The molecule has 3 rings (SSSR count). The van der Waals surface area contributed by atoms with E-state index in [1.807, 2.05) is 39.0 Å². The van der Waals surface area contributed by atoms with Crippen molar-refractivity contribution in [1.29, 1.82) is 0 Å². The molecule has 1 atom stereocenters. The molecule has 2 aromatic carbocycles. The van der Waals surface area contributed by atoms with Crippen molar-refractivity contribution in [2.45, 2.75) is 59.2 Å². The predicted molar refractivity (Wildman–Crippen MR) is 113 cm³/mol. The van der Waals surface area contributed by atoms with Crippen LogP contribution in [0.3, 0.4) is 0 Å². The van der Waals surface area contributed by atoms with Gasteiger partial charge >= 0.3 is 0 Å². The van der Waals surface area contributed by atoms with Crippen LogP contribution < -0.4 is 10.1 Å². The molecule has 1 fully saturated rings. The first-order valence-electron chi connectivity index (χ1n) is 10.4. The van der Waals surface area contributed by atoms with E-state index in [0.29, 0.717) is 13.0 Å². The summed E-state index contributed by atoms with van der Waals surface area (Å²) in [6, 6.07) is 14.5. The quantitative estimate of drug-likeness (QED) is 0.739. The zero-order valence-corrected chi connectivity index (χ0v) is 17.3. The highest BCUT2D eigenvalue weighted by atomic mass is 16.5. The number of carbonyl (C=O) groups is 1. The van der Waals surface area contributed by atoms with Crippen molar-refractivity contribution in [2.75, 3.05) is 13.1 Å². The van der Waals surface area contributed by atoms with Crippen LogP contribution >= 0.6 is 0 Å². The Morgan fingerprint density at radius 2 is 1.71 bits per heavy atom. The molecule has 1 amide bonds. The van der Waals surface area contributed by atoms with Crippen LogP contribution in [0.5, 0.6) is 5.75 Å². The summed E-state index contributed by atoms with van der Waals surface area (Å²) in [6.07, 6.45) is 2.72. The minimum atomic E-state index is -0.480. The molecule has 1 N–H and O–H groups in total. The van der Waals surface area contributed by atoms with Crippen molar-refractivity contribution in [1.82, 2.24) is 10.2 Å². The van der Waals surface area contributed by atoms with Gasteiger partial charge in [0.15, 0.2) is 6.10 Å². The normalized spacial score (nSPS) is 15.4. The van der Waals surface area contributed by atoms with E-state index < -0.39 is 6.10 Å². The highest BCUT2D eigenvalue weighted by Crippen LogP contribution is 2.19. The monoisotopic (exact) mass is 380 g/mol. The van der Waals surface area contributed by atoms with Gasteiger partial charge in [-0.3, -0.25) is 9.69 Å². The number of ether oxygens (including phenoxy) is 1. The average molecular weight is 381 g/mol. The summed E-state index contributed by atoms with van der Waals surface area (Å²) in [6.45, 7) is 9.90. The minimum absolute atomic E-state index is 0.0577. The third kappa shape index (κ3) is 5.59. The smallest absolute Gasteiger partial charge is 0.261 e. The molecule has 0 aromatic heterocycles. The summed E-state index contributed by atoms with van der Waals surface area (Å²) in [5, 5.41) is 3.08. The zero-order chi connectivity index (χ0) is 19.9. The van der Waals surface area contributed by atoms with Crippen molar-refractivity contribution in [3.8, 4) is 5.75 Å². The molecule has 1 aliphatic rings. The van der Waals surface area contributed by atoms with Crippen LogP contribution in [0.4, 0.5) is 0 Å². The second-order valence-electron chi connectivity index (χ2n) is 7.81. The Bertz CT molecular complexity index is 777. The van der Waals surface area contributed by atoms with E-state index in [4.69, 9.17) is 4.74 Å². The summed E-state index contributed by atoms with van der Waals surface area (Å²) in [5.41, 5.74) is 4.76. The standard InChI is InChI=1S/C24H32N2O2/c1-4-23(28-22-14-18(2)13-19(3)15-22)24(27)25-16-20-9-5-6-10-21(20)17-26-11-7-8-12-26/h5-6,9-10,13-15,23H,4,7-8,11-12,16-17H2,1-3H3,(H,25,27)/t23-/m1/s1. The number of rotatable bonds is 8. The van der Waals surface area contributed by atoms with Crippen LogP contribution in [0.1, 0.15) is 48.4 Å². The molecule has 0 radical (unpaired) electrons. The number of hydrogen-bond acceptors (Lipinski definition) is 3. The van der Waals surface area contributed by atoms with Gasteiger partial charge in [-0.15, -0.1) is 0 Å². The van der Waals surface area contributed by atoms with E-state index in [2.05, 4.69) is 34.5 Å². The molecule has 1 aliphatic heterocycles. The third-order valence-corrected chi connectivity index (χ3v) is 5.30. The number of amides is 1. The van der Waals surface area contributed by atoms with Crippen molar-refractivity contribution in [3.05, 3.63) is 64.7 Å². The number of aryl methyl sites for hydroxylation is 2. The van der Waals surface area contributed by atoms with Crippen LogP contribution in [0.2, 0.25) is 0 Å². The van der Waals surface area contributed by atoms with Crippen LogP contribution in [-0.2, 0) is 17.9 Å². The van der Waals surface area contributed by atoms with E-state index in [-0.39, 0.29) is 5.91 Å². The van der Waals surface area contributed by atoms with Crippen molar-refractivity contribution < 1.29 is 9.53 Å². The zero-order valence-electron chi connectivity index (χ0n) is 17.3. The second-order valence-corrected chi connectivity index (χ2v) is 7.81. The molecule has 0 spiro atoms. The Hall–Kier alpha value is -2.33. The van der Waals surface area contributed by atoms with Gasteiger partial charge in [-0.2, -0.15) is 0 Å². The first kappa shape index (κ1) is 20.4. The van der Waals surface area contributed by atoms with Gasteiger partial charge in [0.25, 0.3) is 5.91 Å². The third-order valence-electron chi connectivity index (χ3n) is 5.30. The van der Waals surface area contributed by atoms with Gasteiger partial charge < -0.3 is 10.1 Å². The predicted octanol–water partition coefficient (Wildman–Crippen LogP) is 4.37. The van der Waals surface area contributed by atoms with Gasteiger partial charge in [0, 0.05) is 13.1 Å². The lowest BCUT2D eigenvalue weighted by atomic mass is 10.1. The summed E-state index contributed by atoms with van der Waals surface area (Å²) in [5.74, 6) is 0.701. The maximum Gasteiger partial charge on any atom is 0.261 e. The second kappa shape index (κ2) is 9.74. The SMILES string of the molecule is CC[C@@H](Oc1cc(C)cc(C)c1)C(=O)NCc1ccccc1CN1CCCC1. The Morgan fingerprint density at radius 1 is 1.07 bits per heavy atom. The van der Waals surface area contributed by atoms with Gasteiger partial charge in [-0.05, 0) is 80.6 Å². The molecular formula is C24H32N2O2. The maximum atomic E-state index is 12.7. The molecular weight excluding hydrogens is 348 g/mol. The fourth-order valence-electron chi connectivity index (χ4n) is 3.85. The fourth-order valence-corrected chi connectivity index (χ4v) is 3.85. The summed E-state index contributed by atoms with van der Waals surface area (Å²) in [4.78, 5) is 15.2. The van der Waals surface area contributed by atoms with Gasteiger partial charge in [0.1, 0.15) is 5.75 Å². The molecule has 2 aromatic rings. The molecule has 1 saturated heterocycles. The first-order valence-corrected chi connectivity index (χ1v) is 10.4. The van der Waals surface area contributed by atoms with Gasteiger partial charge in [0.2, 0.25) is 0 Å². The van der Waals surface area contributed by atoms with E-state index in [1.165, 1.54) is 37.1 Å². The Labute approximate surface area is 168 Å². The van der Waals surface area contributed by atoms with Gasteiger partial charge in [-0.1, -0.05) is 37.3 Å². The van der Waals surface area contributed by atoms with Crippen LogP contribution in [0, 0.1) is 13.8 Å². The Kier molecular flexibility index (Phi) is 7.10. The fraction of sp³-hybridized carbons (Fsp3) is 0.458. The number of benzene rings is 2. The van der Waals surface area contributed by atoms with E-state index in [9.17, 15) is 4.79 Å². The maximum absolute atomic E-state index is 12.7. The van der Waals surface area contributed by atoms with Crippen molar-refractivity contribution >= 4 is 5.91 Å². The first-order chi connectivity index (χ1) is 13.5. The number of hydrogen-bond donors (Lipinski definition) is 1. The molecule has 0 aliphatic carbocycles. The number of nitrogens with one attached hydrogen (secondary N) is 1. The lowest BCUT2D eigenvalue weighted by Crippen LogP contribution is -2.37. The molecule has 0 saturated carbocycles. The molecule has 4 nitrogen and oxygen atoms in total. The van der Waals surface area contributed by atoms with Gasteiger partial charge in [-0.25, -0.2) is 0 Å². The molecule has 28 heavy (non-hydrogen) atoms. The van der Waals surface area contributed by atoms with E-state index >= 15 is 0 Å². The average Bonchev–Trinajstić information content (AvgIpc) is 3.17. The summed E-state index contributed by atoms with van der Waals surface area (Å²) < 4.78 is 5.99. The van der Waals surface area contributed by atoms with Crippen LogP contribution in [0.25, 0.3) is 0 Å². The summed E-state index contributed by atoms with van der Waals surface area (Å²) in [7, 11) is 0. The Balaban J connectivity index is 1.60. The van der Waals surface area contributed by atoms with Crippen LogP contribution in [0.15, 0.2) is 42.5 Å². The highest BCUT2D eigenvalue weighted by Gasteiger charge is 2.19. The molecule has 4 heteroatoms. The minimum Gasteiger partial charge on any atom is -0.481 e. The number of nitrogens with zero attached hydrogens (tertiary/aromatic N) is 1. The topological polar surface area (TPSA) is 41.6 Å². The molecule has 150 valence electrons. The highest BCUT2D eigenvalue weighted by molar-refractivity contribution is 5.81. The number of carbonyl (C=O) groups excluding carboxylic acids is 1. The number of likely N-dealkylation sites (tertiary alicyclic amines) is 1. The van der Waals surface area contributed by atoms with Crippen molar-refractivity contribution in [2.24, 2.45) is 0 Å². The lowest BCUT2D eigenvalue weighted by Gasteiger charge is -2.20. The lowest BCUT2D eigenvalue weighted by molar-refractivity contribution is -0.128. The van der Waals surface area contributed by atoms with E-state index in [0.717, 1.165) is 23.4 Å². The largest absolute Gasteiger partial charge is 0.481 e.